The first-order chi connectivity index (χ1) is 9.70. The van der Waals surface area contributed by atoms with Crippen molar-refractivity contribution in [2.75, 3.05) is 6.61 Å². The lowest BCUT2D eigenvalue weighted by atomic mass is 9.88. The van der Waals surface area contributed by atoms with Crippen LogP contribution in [0.1, 0.15) is 27.9 Å². The Kier molecular flexibility index (Phi) is 3.24. The molecule has 0 saturated heterocycles. The second-order valence-electron chi connectivity index (χ2n) is 4.99. The molecule has 20 heavy (non-hydrogen) atoms. The number of benzene rings is 2. The second kappa shape index (κ2) is 5.06. The van der Waals surface area contributed by atoms with Gasteiger partial charge in [-0.2, -0.15) is 0 Å². The van der Waals surface area contributed by atoms with Crippen molar-refractivity contribution in [3.63, 3.8) is 0 Å². The van der Waals surface area contributed by atoms with Crippen LogP contribution in [-0.2, 0) is 17.6 Å². The summed E-state index contributed by atoms with van der Waals surface area (Å²) in [4.78, 5) is 23.8. The average Bonchev–Trinajstić information content (AvgIpc) is 2.44. The molecular formula is C16H15NO3. The fourth-order valence-electron chi connectivity index (χ4n) is 2.80. The molecule has 2 N–H and O–H groups in total. The highest BCUT2D eigenvalue weighted by atomic mass is 16.3. The molecule has 2 aromatic carbocycles. The van der Waals surface area contributed by atoms with Crippen molar-refractivity contribution in [3.05, 3.63) is 47.0 Å². The van der Waals surface area contributed by atoms with Gasteiger partial charge >= 0.3 is 0 Å². The molecule has 0 spiro atoms. The summed E-state index contributed by atoms with van der Waals surface area (Å²) >= 11 is 0. The maximum absolute atomic E-state index is 12.2. The molecule has 102 valence electrons. The van der Waals surface area contributed by atoms with Gasteiger partial charge in [-0.1, -0.05) is 30.3 Å². The Labute approximate surface area is 116 Å². The third-order valence-corrected chi connectivity index (χ3v) is 3.67. The average molecular weight is 269 g/mol. The summed E-state index contributed by atoms with van der Waals surface area (Å²) in [6.07, 6.45) is 1.53. The van der Waals surface area contributed by atoms with E-state index in [-0.39, 0.29) is 24.8 Å². The number of nitrogens with one attached hydrogen (secondary N) is 1. The summed E-state index contributed by atoms with van der Waals surface area (Å²) in [5.41, 5.74) is 2.40. The van der Waals surface area contributed by atoms with Crippen molar-refractivity contribution >= 4 is 22.6 Å². The van der Waals surface area contributed by atoms with Crippen molar-refractivity contribution in [3.8, 4) is 0 Å². The van der Waals surface area contributed by atoms with E-state index >= 15 is 0 Å². The summed E-state index contributed by atoms with van der Waals surface area (Å²) in [5, 5.41) is 13.3. The number of carbonyl (C=O) groups excluding carboxylic acids is 2. The van der Waals surface area contributed by atoms with Gasteiger partial charge in [0, 0.05) is 6.61 Å². The zero-order valence-corrected chi connectivity index (χ0v) is 11.0. The van der Waals surface area contributed by atoms with Gasteiger partial charge in [-0.25, -0.2) is 0 Å². The number of rotatable bonds is 3. The highest BCUT2D eigenvalue weighted by Crippen LogP contribution is 2.29. The van der Waals surface area contributed by atoms with Crippen LogP contribution in [0, 0.1) is 0 Å². The van der Waals surface area contributed by atoms with Gasteiger partial charge in [0.05, 0.1) is 12.0 Å². The van der Waals surface area contributed by atoms with Crippen LogP contribution in [0.3, 0.4) is 0 Å². The number of aryl methyl sites for hydroxylation is 1. The van der Waals surface area contributed by atoms with Crippen LogP contribution in [0.2, 0.25) is 0 Å². The zero-order valence-electron chi connectivity index (χ0n) is 11.0. The first kappa shape index (κ1) is 12.8. The monoisotopic (exact) mass is 269 g/mol. The molecule has 0 fully saturated rings. The summed E-state index contributed by atoms with van der Waals surface area (Å²) in [7, 11) is 0. The van der Waals surface area contributed by atoms with Crippen molar-refractivity contribution in [2.45, 2.75) is 19.3 Å². The van der Waals surface area contributed by atoms with E-state index in [2.05, 4.69) is 5.32 Å². The molecule has 0 atom stereocenters. The lowest BCUT2D eigenvalue weighted by molar-refractivity contribution is -0.119. The quantitative estimate of drug-likeness (QED) is 0.831. The molecule has 1 aliphatic rings. The van der Waals surface area contributed by atoms with Crippen LogP contribution >= 0.6 is 0 Å². The van der Waals surface area contributed by atoms with Crippen molar-refractivity contribution in [2.24, 2.45) is 0 Å². The maximum atomic E-state index is 12.2. The van der Waals surface area contributed by atoms with Gasteiger partial charge in [-0.15, -0.1) is 0 Å². The van der Waals surface area contributed by atoms with Crippen LogP contribution < -0.4 is 5.32 Å². The van der Waals surface area contributed by atoms with E-state index in [1.54, 1.807) is 0 Å². The molecule has 3 rings (SSSR count). The summed E-state index contributed by atoms with van der Waals surface area (Å²) in [5.74, 6) is -0.582. The van der Waals surface area contributed by atoms with Crippen LogP contribution in [0.15, 0.2) is 30.3 Å². The van der Waals surface area contributed by atoms with Crippen LogP contribution in [0.4, 0.5) is 0 Å². The van der Waals surface area contributed by atoms with E-state index in [1.807, 2.05) is 30.3 Å². The number of hydrogen-bond acceptors (Lipinski definition) is 3. The van der Waals surface area contributed by atoms with Gasteiger partial charge < -0.3 is 5.11 Å². The molecular weight excluding hydrogens is 254 g/mol. The lowest BCUT2D eigenvalue weighted by Gasteiger charge is -2.21. The van der Waals surface area contributed by atoms with Gasteiger partial charge in [-0.05, 0) is 34.7 Å². The van der Waals surface area contributed by atoms with Crippen LogP contribution in [-0.4, -0.2) is 23.5 Å². The highest BCUT2D eigenvalue weighted by molar-refractivity contribution is 6.17. The summed E-state index contributed by atoms with van der Waals surface area (Å²) < 4.78 is 0. The van der Waals surface area contributed by atoms with Crippen molar-refractivity contribution in [1.29, 1.82) is 0 Å². The standard InChI is InChI=1S/C16H15NO3/c18-7-3-5-11-8-10-4-1-2-6-12(10)15-13(11)9-14(19)17-16(15)20/h1-2,4,6,8,18H,3,5,7,9H2,(H,17,19,20). The Morgan fingerprint density at radius 1 is 1.20 bits per heavy atom. The minimum atomic E-state index is -0.321. The fraction of sp³-hybridized carbons (Fsp3) is 0.250. The minimum Gasteiger partial charge on any atom is -0.396 e. The van der Waals surface area contributed by atoms with Gasteiger partial charge in [0.1, 0.15) is 0 Å². The Hall–Kier alpha value is -2.20. The van der Waals surface area contributed by atoms with E-state index in [4.69, 9.17) is 5.11 Å². The molecule has 2 amide bonds. The van der Waals surface area contributed by atoms with E-state index in [9.17, 15) is 9.59 Å². The SMILES string of the molecule is O=C1Cc2c(CCCO)cc3ccccc3c2C(=O)N1. The predicted octanol–water partition coefficient (Wildman–Crippen LogP) is 1.58. The topological polar surface area (TPSA) is 66.4 Å². The Morgan fingerprint density at radius 2 is 2.00 bits per heavy atom. The van der Waals surface area contributed by atoms with E-state index in [1.165, 1.54) is 0 Å². The molecule has 1 aliphatic heterocycles. The summed E-state index contributed by atoms with van der Waals surface area (Å²) in [6.45, 7) is 0.0990. The first-order valence-electron chi connectivity index (χ1n) is 6.69. The van der Waals surface area contributed by atoms with E-state index in [0.29, 0.717) is 18.4 Å². The van der Waals surface area contributed by atoms with Crippen LogP contribution in [0.5, 0.6) is 0 Å². The number of amides is 2. The fourth-order valence-corrected chi connectivity index (χ4v) is 2.80. The van der Waals surface area contributed by atoms with Crippen molar-refractivity contribution in [1.82, 2.24) is 5.32 Å². The molecule has 0 aliphatic carbocycles. The van der Waals surface area contributed by atoms with Crippen molar-refractivity contribution < 1.29 is 14.7 Å². The molecule has 0 saturated carbocycles. The molecule has 4 nitrogen and oxygen atoms in total. The maximum Gasteiger partial charge on any atom is 0.258 e. The smallest absolute Gasteiger partial charge is 0.258 e. The van der Waals surface area contributed by atoms with Gasteiger partial charge in [0.15, 0.2) is 0 Å². The second-order valence-corrected chi connectivity index (χ2v) is 4.99. The molecule has 4 heteroatoms. The molecule has 0 bridgehead atoms. The molecule has 0 radical (unpaired) electrons. The molecule has 2 aromatic rings. The number of aliphatic hydroxyl groups excluding tert-OH is 1. The molecule has 1 heterocycles. The summed E-state index contributed by atoms with van der Waals surface area (Å²) in [6, 6.07) is 9.70. The number of carbonyl (C=O) groups is 2. The number of fused-ring (bicyclic) bond motifs is 3. The van der Waals surface area contributed by atoms with Gasteiger partial charge in [-0.3, -0.25) is 14.9 Å². The first-order valence-corrected chi connectivity index (χ1v) is 6.69. The molecule has 0 aromatic heterocycles. The predicted molar refractivity (Wildman–Crippen MR) is 75.5 cm³/mol. The van der Waals surface area contributed by atoms with Crippen LogP contribution in [0.25, 0.3) is 10.8 Å². The Bertz CT molecular complexity index is 706. The number of hydrogen-bond donors (Lipinski definition) is 2. The lowest BCUT2D eigenvalue weighted by Crippen LogP contribution is -2.38. The number of imide groups is 1. The van der Waals surface area contributed by atoms with E-state index < -0.39 is 0 Å². The molecule has 0 unspecified atom stereocenters. The van der Waals surface area contributed by atoms with E-state index in [0.717, 1.165) is 21.9 Å². The largest absolute Gasteiger partial charge is 0.396 e. The van der Waals surface area contributed by atoms with Gasteiger partial charge in [0.2, 0.25) is 5.91 Å². The number of aliphatic hydroxyl groups is 1. The minimum absolute atomic E-state index is 0.0990. The van der Waals surface area contributed by atoms with Gasteiger partial charge in [0.25, 0.3) is 5.91 Å². The Balaban J connectivity index is 2.26. The highest BCUT2D eigenvalue weighted by Gasteiger charge is 2.26. The third kappa shape index (κ3) is 2.08. The third-order valence-electron chi connectivity index (χ3n) is 3.67. The Morgan fingerprint density at radius 3 is 2.80 bits per heavy atom. The normalized spacial score (nSPS) is 14.2. The zero-order chi connectivity index (χ0) is 14.1.